The largest absolute Gasteiger partial charge is 0.451 e. The van der Waals surface area contributed by atoms with Crippen LogP contribution in [0.1, 0.15) is 47.6 Å². The van der Waals surface area contributed by atoms with E-state index < -0.39 is 24.4 Å². The normalized spacial score (nSPS) is 11.2. The Hall–Kier alpha value is -3.86. The minimum Gasteiger partial charge on any atom is -0.451 e. The zero-order valence-corrected chi connectivity index (χ0v) is 18.8. The first-order chi connectivity index (χ1) is 15.1. The summed E-state index contributed by atoms with van der Waals surface area (Å²) in [5, 5.41) is 11.9. The lowest BCUT2D eigenvalue weighted by molar-refractivity contribution is -0.142. The summed E-state index contributed by atoms with van der Waals surface area (Å²) >= 11 is 0. The summed E-state index contributed by atoms with van der Waals surface area (Å²) < 4.78 is 7.15. The quantitative estimate of drug-likeness (QED) is 0.354. The van der Waals surface area contributed by atoms with Crippen LogP contribution in [-0.2, 0) is 20.9 Å². The highest BCUT2D eigenvalue weighted by atomic mass is 16.5. The van der Waals surface area contributed by atoms with Gasteiger partial charge in [0.1, 0.15) is 11.6 Å². The van der Waals surface area contributed by atoms with Gasteiger partial charge in [0.05, 0.1) is 0 Å². The molecule has 3 N–H and O–H groups in total. The van der Waals surface area contributed by atoms with Gasteiger partial charge in [0.15, 0.2) is 6.61 Å². The van der Waals surface area contributed by atoms with Crippen LogP contribution in [0.4, 0.5) is 5.69 Å². The van der Waals surface area contributed by atoms with E-state index in [2.05, 4.69) is 23.7 Å². The number of amides is 2. The lowest BCUT2D eigenvalue weighted by Crippen LogP contribution is -2.21. The van der Waals surface area contributed by atoms with Crippen LogP contribution in [-0.4, -0.2) is 29.0 Å². The second-order valence-electron chi connectivity index (χ2n) is 7.90. The summed E-state index contributed by atoms with van der Waals surface area (Å²) in [6.45, 7) is 8.54. The lowest BCUT2D eigenvalue weighted by Gasteiger charge is -2.11. The molecule has 8 heteroatoms. The average molecular weight is 437 g/mol. The number of hydrogen-bond donors (Lipinski definition) is 2. The van der Waals surface area contributed by atoms with Gasteiger partial charge in [-0.3, -0.25) is 9.59 Å². The molecule has 0 saturated heterocycles. The molecule has 2 rings (SSSR count). The molecule has 1 aromatic carbocycles. The van der Waals surface area contributed by atoms with Crippen molar-refractivity contribution in [2.75, 3.05) is 11.9 Å². The van der Waals surface area contributed by atoms with E-state index in [1.165, 1.54) is 30.3 Å². The summed E-state index contributed by atoms with van der Waals surface area (Å²) in [5.74, 6) is -1.46. The number of esters is 1. The van der Waals surface area contributed by atoms with Gasteiger partial charge in [0.25, 0.3) is 5.91 Å². The predicted octanol–water partition coefficient (Wildman–Crippen LogP) is 3.34. The third-order valence-electron chi connectivity index (χ3n) is 4.97. The lowest BCUT2D eigenvalue weighted by atomic mass is 10.1. The highest BCUT2D eigenvalue weighted by Gasteiger charge is 2.16. The van der Waals surface area contributed by atoms with Crippen LogP contribution in [0.25, 0.3) is 6.08 Å². The van der Waals surface area contributed by atoms with Crippen LogP contribution in [0.2, 0.25) is 0 Å². The Bertz CT molecular complexity index is 1070. The van der Waals surface area contributed by atoms with Gasteiger partial charge in [0, 0.05) is 29.2 Å². The maximum Gasteiger partial charge on any atom is 0.349 e. The first-order valence-corrected chi connectivity index (χ1v) is 10.3. The van der Waals surface area contributed by atoms with Crippen molar-refractivity contribution in [2.24, 2.45) is 11.7 Å². The van der Waals surface area contributed by atoms with Gasteiger partial charge in [-0.25, -0.2) is 4.79 Å². The van der Waals surface area contributed by atoms with E-state index in [0.717, 1.165) is 29.9 Å². The number of primary amides is 1. The Morgan fingerprint density at radius 1 is 1.22 bits per heavy atom. The summed E-state index contributed by atoms with van der Waals surface area (Å²) in [7, 11) is 0. The number of aryl methyl sites for hydroxylation is 1. The van der Waals surface area contributed by atoms with Crippen molar-refractivity contribution in [3.63, 3.8) is 0 Å². The van der Waals surface area contributed by atoms with Crippen LogP contribution in [0.5, 0.6) is 0 Å². The molecule has 0 radical (unpaired) electrons. The van der Waals surface area contributed by atoms with Gasteiger partial charge in [-0.15, -0.1) is 0 Å². The van der Waals surface area contributed by atoms with E-state index in [-0.39, 0.29) is 5.57 Å². The number of ether oxygens (including phenoxy) is 1. The number of aromatic nitrogens is 1. The van der Waals surface area contributed by atoms with Crippen LogP contribution in [0.3, 0.4) is 0 Å². The first kappa shape index (κ1) is 24.4. The minimum atomic E-state index is -0.876. The van der Waals surface area contributed by atoms with Gasteiger partial charge in [-0.1, -0.05) is 13.8 Å². The molecular formula is C24H28N4O4. The van der Waals surface area contributed by atoms with Gasteiger partial charge < -0.3 is 20.4 Å². The fourth-order valence-corrected chi connectivity index (χ4v) is 3.12. The smallest absolute Gasteiger partial charge is 0.349 e. The first-order valence-electron chi connectivity index (χ1n) is 10.3. The standard InChI is InChI=1S/C24H28N4O4/c1-15(2)9-10-28-16(3)11-19(17(28)4)12-20(13-25)24(31)32-14-22(29)27-21-7-5-18(6-8-21)23(26)30/h5-8,11-12,15H,9-10,14H2,1-4H3,(H2,26,30)(H,27,29)/b20-12+. The fourth-order valence-electron chi connectivity index (χ4n) is 3.12. The minimum absolute atomic E-state index is 0.187. The van der Waals surface area contributed by atoms with Crippen molar-refractivity contribution in [2.45, 2.75) is 40.7 Å². The van der Waals surface area contributed by atoms with Crippen LogP contribution in [0.15, 0.2) is 35.9 Å². The Morgan fingerprint density at radius 3 is 2.44 bits per heavy atom. The summed E-state index contributed by atoms with van der Waals surface area (Å²) in [5.41, 5.74) is 8.47. The molecule has 0 spiro atoms. The monoisotopic (exact) mass is 436 g/mol. The molecule has 2 aromatic rings. The molecule has 0 unspecified atom stereocenters. The number of hydrogen-bond acceptors (Lipinski definition) is 5. The third kappa shape index (κ3) is 6.57. The zero-order chi connectivity index (χ0) is 23.8. The van der Waals surface area contributed by atoms with E-state index in [9.17, 15) is 19.6 Å². The zero-order valence-electron chi connectivity index (χ0n) is 18.8. The van der Waals surface area contributed by atoms with Crippen molar-refractivity contribution < 1.29 is 19.1 Å². The van der Waals surface area contributed by atoms with Crippen molar-refractivity contribution in [1.29, 1.82) is 5.26 Å². The molecule has 0 fully saturated rings. The molecular weight excluding hydrogens is 408 g/mol. The second kappa shape index (κ2) is 11.0. The van der Waals surface area contributed by atoms with E-state index in [0.29, 0.717) is 17.2 Å². The van der Waals surface area contributed by atoms with Crippen LogP contribution >= 0.6 is 0 Å². The van der Waals surface area contributed by atoms with Gasteiger partial charge >= 0.3 is 5.97 Å². The maximum absolute atomic E-state index is 12.3. The van der Waals surface area contributed by atoms with Gasteiger partial charge in [-0.05, 0) is 68.2 Å². The van der Waals surface area contributed by atoms with Crippen molar-refractivity contribution >= 4 is 29.5 Å². The molecule has 168 valence electrons. The molecule has 1 heterocycles. The average Bonchev–Trinajstić information content (AvgIpc) is 3.01. The van der Waals surface area contributed by atoms with Crippen LogP contribution < -0.4 is 11.1 Å². The molecule has 8 nitrogen and oxygen atoms in total. The Labute approximate surface area is 187 Å². The molecule has 32 heavy (non-hydrogen) atoms. The molecule has 0 aliphatic rings. The van der Waals surface area contributed by atoms with Crippen LogP contribution in [0, 0.1) is 31.1 Å². The second-order valence-corrected chi connectivity index (χ2v) is 7.90. The molecule has 0 aliphatic carbocycles. The number of carbonyl (C=O) groups is 3. The summed E-state index contributed by atoms with van der Waals surface area (Å²) in [4.78, 5) is 35.5. The Balaban J connectivity index is 2.01. The highest BCUT2D eigenvalue weighted by Crippen LogP contribution is 2.20. The number of benzene rings is 1. The number of nitrogens with zero attached hydrogens (tertiary/aromatic N) is 2. The molecule has 2 amide bonds. The topological polar surface area (TPSA) is 127 Å². The Kier molecular flexibility index (Phi) is 8.36. The predicted molar refractivity (Wildman–Crippen MR) is 121 cm³/mol. The number of rotatable bonds is 9. The van der Waals surface area contributed by atoms with E-state index in [1.54, 1.807) is 0 Å². The van der Waals surface area contributed by atoms with Crippen molar-refractivity contribution in [3.8, 4) is 6.07 Å². The summed E-state index contributed by atoms with van der Waals surface area (Å²) in [6, 6.07) is 9.73. The van der Waals surface area contributed by atoms with E-state index >= 15 is 0 Å². The number of nitriles is 1. The van der Waals surface area contributed by atoms with Gasteiger partial charge in [-0.2, -0.15) is 5.26 Å². The highest BCUT2D eigenvalue weighted by molar-refractivity contribution is 6.00. The third-order valence-corrected chi connectivity index (χ3v) is 4.97. The van der Waals surface area contributed by atoms with Gasteiger partial charge in [0.2, 0.25) is 5.91 Å². The fraction of sp³-hybridized carbons (Fsp3) is 0.333. The summed E-state index contributed by atoms with van der Waals surface area (Å²) in [6.07, 6.45) is 2.50. The number of anilines is 1. The number of nitrogens with two attached hydrogens (primary N) is 1. The molecule has 0 atom stereocenters. The molecule has 0 aliphatic heterocycles. The molecule has 1 aromatic heterocycles. The maximum atomic E-state index is 12.3. The van der Waals surface area contributed by atoms with E-state index in [4.69, 9.17) is 10.5 Å². The van der Waals surface area contributed by atoms with E-state index in [1.807, 2.05) is 26.0 Å². The van der Waals surface area contributed by atoms with Crippen molar-refractivity contribution in [3.05, 3.63) is 58.4 Å². The van der Waals surface area contributed by atoms with Crippen molar-refractivity contribution in [1.82, 2.24) is 4.57 Å². The SMILES string of the molecule is Cc1cc(/C=C(\C#N)C(=O)OCC(=O)Nc2ccc(C(N)=O)cc2)c(C)n1CCC(C)C. The molecule has 0 saturated carbocycles. The molecule has 0 bridgehead atoms. The number of carbonyl (C=O) groups excluding carboxylic acids is 3. The Morgan fingerprint density at radius 2 is 1.88 bits per heavy atom. The number of nitrogens with one attached hydrogen (secondary N) is 1.